The first-order valence-corrected chi connectivity index (χ1v) is 36.5. The monoisotopic (exact) mass is 1270 g/mol. The van der Waals surface area contributed by atoms with Crippen molar-refractivity contribution in [2.24, 2.45) is 0 Å². The number of aliphatic hydroxyl groups is 2. The Balaban J connectivity index is 4.54. The van der Waals surface area contributed by atoms with Crippen LogP contribution in [0.1, 0.15) is 265 Å². The van der Waals surface area contributed by atoms with E-state index in [2.05, 4.69) is 118 Å². The maximum Gasteiger partial charge on any atom is 0.472 e. The van der Waals surface area contributed by atoms with E-state index in [0.29, 0.717) is 19.3 Å². The zero-order valence-corrected chi connectivity index (χ0v) is 56.0. The minimum Gasteiger partial charge on any atom is -0.463 e. The van der Waals surface area contributed by atoms with Gasteiger partial charge in [0.15, 0.2) is 6.10 Å². The van der Waals surface area contributed by atoms with Crippen molar-refractivity contribution in [1.29, 1.82) is 0 Å². The van der Waals surface area contributed by atoms with Crippen molar-refractivity contribution in [2.75, 3.05) is 39.6 Å². The molecule has 0 bridgehead atoms. The highest BCUT2D eigenvalue weighted by atomic mass is 31.2. The van der Waals surface area contributed by atoms with Gasteiger partial charge in [-0.3, -0.25) is 32.5 Å². The molecule has 0 amide bonds. The molecule has 5 atom stereocenters. The lowest BCUT2D eigenvalue weighted by Crippen LogP contribution is -2.30. The highest BCUT2D eigenvalue weighted by Gasteiger charge is 2.29. The summed E-state index contributed by atoms with van der Waals surface area (Å²) < 4.78 is 60.8. The quantitative estimate of drug-likeness (QED) is 0.0146. The van der Waals surface area contributed by atoms with Crippen molar-refractivity contribution < 1.29 is 75.8 Å². The SMILES string of the molecule is CC/C=C\C/C=C\C/C=C\C/C=C\C/C=C\C/C=C\CCCCCCCCC(=O)OCC(O)COP(=O)(O)OCC(O)COP(=O)(O)OCC(COC(=O)CCCCCCC/C=C\C/C=C\CCC)OC(=O)CCCCCCCCCCCCCCC. The molecule has 0 aliphatic heterocycles. The Morgan fingerprint density at radius 2 is 0.632 bits per heavy atom. The predicted molar refractivity (Wildman–Crippen MR) is 353 cm³/mol. The molecular weight excluding hydrogens is 1150 g/mol. The van der Waals surface area contributed by atoms with Crippen molar-refractivity contribution >= 4 is 33.6 Å². The molecule has 0 heterocycles. The molecule has 16 nitrogen and oxygen atoms in total. The van der Waals surface area contributed by atoms with Crippen LogP contribution in [0.25, 0.3) is 0 Å². The third-order valence-corrected chi connectivity index (χ3v) is 15.7. The van der Waals surface area contributed by atoms with Gasteiger partial charge in [-0.05, 0) is 96.3 Å². The largest absolute Gasteiger partial charge is 0.472 e. The molecule has 0 rings (SSSR count). The van der Waals surface area contributed by atoms with Gasteiger partial charge in [-0.2, -0.15) is 0 Å². The number of aliphatic hydroxyl groups excluding tert-OH is 2. The predicted octanol–water partition coefficient (Wildman–Crippen LogP) is 18.3. The Bertz CT molecular complexity index is 1980. The second-order valence-electron chi connectivity index (χ2n) is 22.2. The molecule has 0 radical (unpaired) electrons. The van der Waals surface area contributed by atoms with Crippen LogP contribution in [0.3, 0.4) is 0 Å². The minimum atomic E-state index is -4.92. The number of hydrogen-bond donors (Lipinski definition) is 4. The molecule has 18 heteroatoms. The Morgan fingerprint density at radius 1 is 0.333 bits per heavy atom. The van der Waals surface area contributed by atoms with E-state index in [4.69, 9.17) is 32.3 Å². The van der Waals surface area contributed by atoms with Gasteiger partial charge in [0.05, 0.1) is 26.4 Å². The molecule has 0 aliphatic carbocycles. The van der Waals surface area contributed by atoms with Gasteiger partial charge in [-0.15, -0.1) is 0 Å². The third kappa shape index (κ3) is 63.8. The minimum absolute atomic E-state index is 0.104. The molecule has 87 heavy (non-hydrogen) atoms. The van der Waals surface area contributed by atoms with Gasteiger partial charge in [0.25, 0.3) is 0 Å². The number of unbranched alkanes of at least 4 members (excludes halogenated alkanes) is 24. The summed E-state index contributed by atoms with van der Waals surface area (Å²) in [7, 11) is -9.77. The van der Waals surface area contributed by atoms with Gasteiger partial charge in [-0.25, -0.2) is 9.13 Å². The summed E-state index contributed by atoms with van der Waals surface area (Å²) in [6, 6.07) is 0. The molecule has 0 fully saturated rings. The summed E-state index contributed by atoms with van der Waals surface area (Å²) in [5.74, 6) is -1.60. The molecular formula is C69H120O16P2. The van der Waals surface area contributed by atoms with Crippen LogP contribution in [0.4, 0.5) is 0 Å². The maximum absolute atomic E-state index is 12.9. The van der Waals surface area contributed by atoms with Gasteiger partial charge in [0, 0.05) is 19.3 Å². The van der Waals surface area contributed by atoms with E-state index in [-0.39, 0.29) is 19.3 Å². The molecule has 4 N–H and O–H groups in total. The van der Waals surface area contributed by atoms with Crippen LogP contribution in [0, 0.1) is 0 Å². The van der Waals surface area contributed by atoms with Crippen molar-refractivity contribution in [2.45, 2.75) is 283 Å². The molecule has 5 unspecified atom stereocenters. The van der Waals surface area contributed by atoms with Gasteiger partial charge in [0.2, 0.25) is 0 Å². The number of rotatable bonds is 63. The fourth-order valence-electron chi connectivity index (χ4n) is 8.67. The highest BCUT2D eigenvalue weighted by molar-refractivity contribution is 7.47. The topological polar surface area (TPSA) is 231 Å². The summed E-state index contributed by atoms with van der Waals surface area (Å²) in [6.45, 7) is 2.45. The molecule has 0 aromatic rings. The zero-order chi connectivity index (χ0) is 63.8. The van der Waals surface area contributed by atoms with E-state index < -0.39 is 91.5 Å². The fourth-order valence-corrected chi connectivity index (χ4v) is 10.3. The second-order valence-corrected chi connectivity index (χ2v) is 25.2. The zero-order valence-electron chi connectivity index (χ0n) is 54.2. The first kappa shape index (κ1) is 83.5. The van der Waals surface area contributed by atoms with E-state index in [9.17, 15) is 43.5 Å². The Kier molecular flexibility index (Phi) is 60.1. The van der Waals surface area contributed by atoms with Crippen molar-refractivity contribution in [3.63, 3.8) is 0 Å². The van der Waals surface area contributed by atoms with Crippen LogP contribution >= 0.6 is 15.6 Å². The van der Waals surface area contributed by atoms with Crippen molar-refractivity contribution in [3.05, 3.63) is 97.2 Å². The molecule has 502 valence electrons. The highest BCUT2D eigenvalue weighted by Crippen LogP contribution is 2.45. The van der Waals surface area contributed by atoms with Crippen LogP contribution < -0.4 is 0 Å². The first-order valence-electron chi connectivity index (χ1n) is 33.5. The van der Waals surface area contributed by atoms with Crippen molar-refractivity contribution in [1.82, 2.24) is 0 Å². The Labute approximate surface area is 527 Å². The average Bonchev–Trinajstić information content (AvgIpc) is 3.69. The summed E-state index contributed by atoms with van der Waals surface area (Å²) in [4.78, 5) is 58.2. The number of phosphoric acid groups is 2. The number of carbonyl (C=O) groups excluding carboxylic acids is 3. The lowest BCUT2D eigenvalue weighted by Gasteiger charge is -2.21. The van der Waals surface area contributed by atoms with Crippen LogP contribution in [-0.4, -0.2) is 95.9 Å². The first-order chi connectivity index (χ1) is 42.2. The van der Waals surface area contributed by atoms with E-state index in [0.717, 1.165) is 154 Å². The lowest BCUT2D eigenvalue weighted by atomic mass is 10.0. The van der Waals surface area contributed by atoms with Crippen molar-refractivity contribution in [3.8, 4) is 0 Å². The van der Waals surface area contributed by atoms with Gasteiger partial charge < -0.3 is 34.2 Å². The molecule has 0 saturated carbocycles. The smallest absolute Gasteiger partial charge is 0.463 e. The molecule has 0 spiro atoms. The molecule has 0 saturated heterocycles. The fraction of sp³-hybridized carbons (Fsp3) is 0.725. The van der Waals surface area contributed by atoms with E-state index >= 15 is 0 Å². The van der Waals surface area contributed by atoms with Gasteiger partial charge >= 0.3 is 33.6 Å². The molecule has 0 aromatic carbocycles. The molecule has 0 aliphatic rings. The summed E-state index contributed by atoms with van der Waals surface area (Å²) >= 11 is 0. The standard InChI is InChI=1S/C69H120O16P2/c1-4-7-10-13-16-19-22-25-26-27-28-29-30-31-32-33-34-35-36-39-41-43-46-49-52-55-67(72)79-58-64(70)59-81-86(75,76)82-60-65(71)61-83-87(77,78)84-63-66(85-69(74)57-54-51-48-45-42-38-24-21-18-15-12-9-6-3)62-80-68(73)56-53-50-47-44-40-37-23-20-17-14-11-8-5-2/h7,10-11,14,16,19-20,23,25-26,28-29,31-32,34-35,64-66,70-71H,4-6,8-9,12-13,15,17-18,21-22,24,27,30,33,36-63H2,1-3H3,(H,75,76)(H,77,78)/b10-7-,14-11-,19-16-,23-20-,26-25-,29-28-,32-31-,35-34-. The number of allylic oxidation sites excluding steroid dienone is 16. The Morgan fingerprint density at radius 3 is 1.01 bits per heavy atom. The van der Waals surface area contributed by atoms with Crippen LogP contribution in [0.15, 0.2) is 97.2 Å². The second kappa shape index (κ2) is 62.7. The number of carbonyl (C=O) groups is 3. The summed E-state index contributed by atoms with van der Waals surface area (Å²) in [6.07, 6.45) is 67.5. The maximum atomic E-state index is 12.9. The van der Waals surface area contributed by atoms with E-state index in [1.807, 2.05) is 0 Å². The number of phosphoric ester groups is 2. The van der Waals surface area contributed by atoms with Crippen LogP contribution in [0.5, 0.6) is 0 Å². The van der Waals surface area contributed by atoms with Crippen LogP contribution in [-0.2, 0) is 55.8 Å². The number of hydrogen-bond acceptors (Lipinski definition) is 14. The summed E-state index contributed by atoms with van der Waals surface area (Å²) in [5, 5.41) is 20.5. The van der Waals surface area contributed by atoms with Crippen LogP contribution in [0.2, 0.25) is 0 Å². The number of ether oxygens (including phenoxy) is 3. The van der Waals surface area contributed by atoms with E-state index in [1.165, 1.54) is 51.4 Å². The average molecular weight is 1270 g/mol. The Hall–Kier alpha value is -3.53. The van der Waals surface area contributed by atoms with Gasteiger partial charge in [0.1, 0.15) is 25.4 Å². The third-order valence-electron chi connectivity index (χ3n) is 13.8. The number of esters is 3. The summed E-state index contributed by atoms with van der Waals surface area (Å²) in [5.41, 5.74) is 0. The molecule has 0 aromatic heterocycles. The van der Waals surface area contributed by atoms with E-state index in [1.54, 1.807) is 0 Å². The normalized spacial score (nSPS) is 14.9. The lowest BCUT2D eigenvalue weighted by molar-refractivity contribution is -0.161. The van der Waals surface area contributed by atoms with Gasteiger partial charge in [-0.1, -0.05) is 246 Å².